The number of hydrogen-bond donors (Lipinski definition) is 1. The Kier molecular flexibility index (Phi) is 7.31. The molecule has 8 heteroatoms. The first-order valence-corrected chi connectivity index (χ1v) is 12.0. The lowest BCUT2D eigenvalue weighted by Crippen LogP contribution is -2.53. The molecule has 0 atom stereocenters. The van der Waals surface area contributed by atoms with Gasteiger partial charge >= 0.3 is 0 Å². The van der Waals surface area contributed by atoms with Crippen LogP contribution in [0.2, 0.25) is 0 Å². The van der Waals surface area contributed by atoms with Gasteiger partial charge in [0.1, 0.15) is 0 Å². The van der Waals surface area contributed by atoms with Crippen molar-refractivity contribution in [2.24, 2.45) is 10.9 Å². The molecule has 2 saturated heterocycles. The molecule has 0 saturated carbocycles. The third kappa shape index (κ3) is 5.93. The molecule has 2 fully saturated rings. The summed E-state index contributed by atoms with van der Waals surface area (Å²) in [6, 6.07) is 10.6. The number of piperidine rings is 1. The molecule has 2 aliphatic rings. The van der Waals surface area contributed by atoms with E-state index in [1.165, 1.54) is 11.8 Å². The summed E-state index contributed by atoms with van der Waals surface area (Å²) in [4.78, 5) is 9.28. The van der Waals surface area contributed by atoms with E-state index in [-0.39, 0.29) is 0 Å². The summed E-state index contributed by atoms with van der Waals surface area (Å²) in [5.41, 5.74) is 1.36. The predicted molar refractivity (Wildman–Crippen MR) is 114 cm³/mol. The molecule has 0 bridgehead atoms. The van der Waals surface area contributed by atoms with Gasteiger partial charge in [-0.3, -0.25) is 9.89 Å². The zero-order valence-electron chi connectivity index (χ0n) is 17.0. The second-order valence-corrected chi connectivity index (χ2v) is 9.76. The van der Waals surface area contributed by atoms with Crippen LogP contribution in [0.25, 0.3) is 0 Å². The molecule has 1 aromatic carbocycles. The molecule has 0 unspecified atom stereocenters. The summed E-state index contributed by atoms with van der Waals surface area (Å²) in [5, 5.41) is 3.52. The Hall–Kier alpha value is -1.64. The lowest BCUT2D eigenvalue weighted by atomic mass is 9.98. The maximum absolute atomic E-state index is 11.6. The van der Waals surface area contributed by atoms with Crippen LogP contribution in [0.5, 0.6) is 0 Å². The Morgan fingerprint density at radius 3 is 2.29 bits per heavy atom. The number of benzene rings is 1. The summed E-state index contributed by atoms with van der Waals surface area (Å²) in [6.45, 7) is 7.11. The van der Waals surface area contributed by atoms with Crippen LogP contribution in [-0.2, 0) is 16.6 Å². The second kappa shape index (κ2) is 9.71. The Labute approximate surface area is 169 Å². The lowest BCUT2D eigenvalue weighted by molar-refractivity contribution is 0.171. The lowest BCUT2D eigenvalue weighted by Gasteiger charge is -2.37. The fraction of sp³-hybridized carbons (Fsp3) is 0.650. The maximum atomic E-state index is 11.6. The summed E-state index contributed by atoms with van der Waals surface area (Å²) in [6.07, 6.45) is 3.11. The van der Waals surface area contributed by atoms with E-state index in [0.717, 1.165) is 58.1 Å². The molecular weight excluding hydrogens is 374 g/mol. The molecule has 2 aliphatic heterocycles. The third-order valence-electron chi connectivity index (χ3n) is 5.72. The first kappa shape index (κ1) is 21.1. The number of nitrogens with zero attached hydrogens (tertiary/aromatic N) is 4. The number of hydrogen-bond acceptors (Lipinski definition) is 4. The van der Waals surface area contributed by atoms with E-state index in [1.54, 1.807) is 4.31 Å². The van der Waals surface area contributed by atoms with E-state index < -0.39 is 10.0 Å². The molecule has 7 nitrogen and oxygen atoms in total. The van der Waals surface area contributed by atoms with Crippen LogP contribution < -0.4 is 5.32 Å². The van der Waals surface area contributed by atoms with Crippen LogP contribution in [0.3, 0.4) is 0 Å². The number of guanidine groups is 1. The van der Waals surface area contributed by atoms with Crippen molar-refractivity contribution in [1.29, 1.82) is 0 Å². The third-order valence-corrected chi connectivity index (χ3v) is 7.03. The van der Waals surface area contributed by atoms with Crippen LogP contribution in [0.1, 0.15) is 18.4 Å². The smallest absolute Gasteiger partial charge is 0.211 e. The Bertz CT molecular complexity index is 737. The fourth-order valence-corrected chi connectivity index (χ4v) is 4.85. The highest BCUT2D eigenvalue weighted by Crippen LogP contribution is 2.18. The van der Waals surface area contributed by atoms with Gasteiger partial charge in [0, 0.05) is 59.4 Å². The maximum Gasteiger partial charge on any atom is 0.211 e. The number of sulfonamides is 1. The molecule has 156 valence electrons. The molecule has 0 radical (unpaired) electrons. The van der Waals surface area contributed by atoms with E-state index >= 15 is 0 Å². The molecule has 1 aromatic rings. The summed E-state index contributed by atoms with van der Waals surface area (Å²) >= 11 is 0. The van der Waals surface area contributed by atoms with Crippen molar-refractivity contribution < 1.29 is 8.42 Å². The number of piperazine rings is 1. The number of rotatable bonds is 5. The summed E-state index contributed by atoms with van der Waals surface area (Å²) < 4.78 is 24.9. The molecule has 2 heterocycles. The average molecular weight is 408 g/mol. The molecule has 28 heavy (non-hydrogen) atoms. The van der Waals surface area contributed by atoms with Crippen molar-refractivity contribution >= 4 is 16.0 Å². The van der Waals surface area contributed by atoms with Crippen molar-refractivity contribution in [2.75, 3.05) is 59.1 Å². The van der Waals surface area contributed by atoms with Gasteiger partial charge in [-0.05, 0) is 24.3 Å². The van der Waals surface area contributed by atoms with Crippen molar-refractivity contribution in [3.63, 3.8) is 0 Å². The minimum atomic E-state index is -3.05. The highest BCUT2D eigenvalue weighted by Gasteiger charge is 2.26. The SMILES string of the molecule is CN=C(NCC1CCN(S(C)(=O)=O)CC1)N1CCN(Cc2ccccc2)CC1. The average Bonchev–Trinajstić information content (AvgIpc) is 2.70. The van der Waals surface area contributed by atoms with E-state index in [0.29, 0.717) is 19.0 Å². The van der Waals surface area contributed by atoms with Crippen LogP contribution in [0.4, 0.5) is 0 Å². The van der Waals surface area contributed by atoms with Gasteiger partial charge in [0.25, 0.3) is 0 Å². The quantitative estimate of drug-likeness (QED) is 0.584. The van der Waals surface area contributed by atoms with E-state index in [1.807, 2.05) is 7.05 Å². The minimum absolute atomic E-state index is 0.495. The highest BCUT2D eigenvalue weighted by atomic mass is 32.2. The van der Waals surface area contributed by atoms with Gasteiger partial charge in [-0.25, -0.2) is 12.7 Å². The van der Waals surface area contributed by atoms with Crippen molar-refractivity contribution in [1.82, 2.24) is 19.4 Å². The van der Waals surface area contributed by atoms with E-state index in [9.17, 15) is 8.42 Å². The zero-order chi connectivity index (χ0) is 20.0. The first-order valence-electron chi connectivity index (χ1n) is 10.1. The van der Waals surface area contributed by atoms with Gasteiger partial charge in [0.15, 0.2) is 5.96 Å². The van der Waals surface area contributed by atoms with Crippen molar-refractivity contribution in [3.8, 4) is 0 Å². The van der Waals surface area contributed by atoms with Crippen LogP contribution in [0, 0.1) is 5.92 Å². The van der Waals surface area contributed by atoms with E-state index in [4.69, 9.17) is 0 Å². The topological polar surface area (TPSA) is 68.2 Å². The molecule has 0 aliphatic carbocycles. The van der Waals surface area contributed by atoms with Gasteiger partial charge in [-0.15, -0.1) is 0 Å². The minimum Gasteiger partial charge on any atom is -0.356 e. The van der Waals surface area contributed by atoms with Gasteiger partial charge in [-0.2, -0.15) is 0 Å². The largest absolute Gasteiger partial charge is 0.356 e. The highest BCUT2D eigenvalue weighted by molar-refractivity contribution is 7.88. The first-order chi connectivity index (χ1) is 13.5. The summed E-state index contributed by atoms with van der Waals surface area (Å²) in [5.74, 6) is 1.46. The number of nitrogens with one attached hydrogen (secondary N) is 1. The van der Waals surface area contributed by atoms with Crippen molar-refractivity contribution in [2.45, 2.75) is 19.4 Å². The molecule has 0 aromatic heterocycles. The van der Waals surface area contributed by atoms with Gasteiger partial charge in [-0.1, -0.05) is 30.3 Å². The molecule has 0 spiro atoms. The van der Waals surface area contributed by atoms with Gasteiger partial charge in [0.2, 0.25) is 10.0 Å². The fourth-order valence-electron chi connectivity index (χ4n) is 3.97. The Morgan fingerprint density at radius 2 is 1.71 bits per heavy atom. The number of aliphatic imine (C=N–C) groups is 1. The normalized spacial score (nSPS) is 21.1. The Balaban J connectivity index is 1.40. The monoisotopic (exact) mass is 407 g/mol. The van der Waals surface area contributed by atoms with Gasteiger partial charge < -0.3 is 10.2 Å². The van der Waals surface area contributed by atoms with E-state index in [2.05, 4.69) is 50.4 Å². The zero-order valence-corrected chi connectivity index (χ0v) is 17.9. The molecule has 3 rings (SSSR count). The van der Waals surface area contributed by atoms with Gasteiger partial charge in [0.05, 0.1) is 6.26 Å². The molecule has 0 amide bonds. The van der Waals surface area contributed by atoms with Crippen LogP contribution in [-0.4, -0.2) is 87.6 Å². The van der Waals surface area contributed by atoms with Crippen LogP contribution in [0.15, 0.2) is 35.3 Å². The standard InChI is InChI=1S/C20H33N5O2S/c1-21-20(22-16-18-8-10-25(11-9-18)28(2,26)27)24-14-12-23(13-15-24)17-19-6-4-3-5-7-19/h3-7,18H,8-17H2,1-2H3,(H,21,22). The molecular formula is C20H33N5O2S. The molecule has 1 N–H and O–H groups in total. The van der Waals surface area contributed by atoms with Crippen LogP contribution >= 0.6 is 0 Å². The summed E-state index contributed by atoms with van der Waals surface area (Å²) in [7, 11) is -1.22. The Morgan fingerprint density at radius 1 is 1.07 bits per heavy atom. The predicted octanol–water partition coefficient (Wildman–Crippen LogP) is 1.05. The second-order valence-electron chi connectivity index (χ2n) is 7.78. The van der Waals surface area contributed by atoms with Crippen molar-refractivity contribution in [3.05, 3.63) is 35.9 Å².